The summed E-state index contributed by atoms with van der Waals surface area (Å²) in [4.78, 5) is 0. The number of ether oxygens (including phenoxy) is 1. The van der Waals surface area contributed by atoms with Crippen LogP contribution in [0.25, 0.3) is 0 Å². The van der Waals surface area contributed by atoms with Gasteiger partial charge in [-0.05, 0) is 32.7 Å². The van der Waals surface area contributed by atoms with Crippen LogP contribution < -0.4 is 5.32 Å². The van der Waals surface area contributed by atoms with Gasteiger partial charge < -0.3 is 10.1 Å². The van der Waals surface area contributed by atoms with Gasteiger partial charge in [0, 0.05) is 12.1 Å². The third-order valence-corrected chi connectivity index (χ3v) is 3.84. The van der Waals surface area contributed by atoms with Crippen molar-refractivity contribution in [2.24, 2.45) is 5.92 Å². The molecule has 1 aliphatic rings. The van der Waals surface area contributed by atoms with Crippen molar-refractivity contribution in [1.29, 1.82) is 0 Å². The van der Waals surface area contributed by atoms with Gasteiger partial charge in [0.2, 0.25) is 0 Å². The molecule has 1 aliphatic heterocycles. The molecule has 2 atom stereocenters. The lowest BCUT2D eigenvalue weighted by molar-refractivity contribution is 0.0869. The van der Waals surface area contributed by atoms with Gasteiger partial charge in [0.05, 0.1) is 6.10 Å². The van der Waals surface area contributed by atoms with Crippen molar-refractivity contribution in [1.82, 2.24) is 5.32 Å². The molecule has 1 fully saturated rings. The van der Waals surface area contributed by atoms with E-state index in [1.807, 2.05) is 0 Å². The van der Waals surface area contributed by atoms with Gasteiger partial charge in [0.1, 0.15) is 0 Å². The maximum Gasteiger partial charge on any atom is 0.0726 e. The van der Waals surface area contributed by atoms with Crippen LogP contribution in [0.3, 0.4) is 0 Å². The van der Waals surface area contributed by atoms with Crippen LogP contribution in [-0.2, 0) is 4.74 Å². The fraction of sp³-hybridized carbons (Fsp3) is 1.00. The van der Waals surface area contributed by atoms with Crippen LogP contribution in [0.5, 0.6) is 0 Å². The Hall–Kier alpha value is -0.0800. The van der Waals surface area contributed by atoms with E-state index >= 15 is 0 Å². The molecule has 0 bridgehead atoms. The Morgan fingerprint density at radius 1 is 1.43 bits per heavy atom. The summed E-state index contributed by atoms with van der Waals surface area (Å²) in [5.41, 5.74) is 0.211. The lowest BCUT2D eigenvalue weighted by atomic mass is 9.93. The summed E-state index contributed by atoms with van der Waals surface area (Å²) in [6, 6.07) is 0. The number of hydrogen-bond acceptors (Lipinski definition) is 2. The van der Waals surface area contributed by atoms with Crippen LogP contribution in [0.4, 0.5) is 0 Å². The van der Waals surface area contributed by atoms with Crippen molar-refractivity contribution in [3.05, 3.63) is 0 Å². The molecule has 0 amide bonds. The molecule has 0 aromatic carbocycles. The van der Waals surface area contributed by atoms with Crippen molar-refractivity contribution in [2.75, 3.05) is 13.2 Å². The van der Waals surface area contributed by atoms with E-state index in [2.05, 4.69) is 33.0 Å². The number of hydrogen-bond donors (Lipinski definition) is 1. The highest BCUT2D eigenvalue weighted by Crippen LogP contribution is 2.25. The second-order valence-corrected chi connectivity index (χ2v) is 4.74. The molecule has 0 aliphatic carbocycles. The predicted molar refractivity (Wildman–Crippen MR) is 60.5 cm³/mol. The van der Waals surface area contributed by atoms with Crippen LogP contribution in [0.15, 0.2) is 0 Å². The van der Waals surface area contributed by atoms with Crippen LogP contribution >= 0.6 is 0 Å². The third-order valence-electron chi connectivity index (χ3n) is 3.84. The molecule has 0 aromatic heterocycles. The molecule has 2 heteroatoms. The molecular weight excluding hydrogens is 174 g/mol. The Morgan fingerprint density at radius 2 is 2.07 bits per heavy atom. The van der Waals surface area contributed by atoms with Gasteiger partial charge in [-0.2, -0.15) is 0 Å². The first-order valence-corrected chi connectivity index (χ1v) is 5.99. The van der Waals surface area contributed by atoms with E-state index in [1.54, 1.807) is 0 Å². The SMILES string of the molecule is CCC(CC)CNC1(C)CCOC1C. The van der Waals surface area contributed by atoms with Crippen molar-refractivity contribution < 1.29 is 4.74 Å². The second-order valence-electron chi connectivity index (χ2n) is 4.74. The molecule has 1 rings (SSSR count). The zero-order valence-electron chi connectivity index (χ0n) is 10.1. The van der Waals surface area contributed by atoms with Crippen molar-refractivity contribution in [3.63, 3.8) is 0 Å². The van der Waals surface area contributed by atoms with E-state index in [-0.39, 0.29) is 5.54 Å². The summed E-state index contributed by atoms with van der Waals surface area (Å²) in [6.45, 7) is 11.0. The van der Waals surface area contributed by atoms with Gasteiger partial charge in [-0.3, -0.25) is 0 Å². The van der Waals surface area contributed by atoms with E-state index in [4.69, 9.17) is 4.74 Å². The summed E-state index contributed by atoms with van der Waals surface area (Å²) in [5.74, 6) is 0.819. The Labute approximate surface area is 88.4 Å². The van der Waals surface area contributed by atoms with Crippen molar-refractivity contribution in [2.45, 2.75) is 58.6 Å². The monoisotopic (exact) mass is 199 g/mol. The van der Waals surface area contributed by atoms with Crippen LogP contribution in [0.2, 0.25) is 0 Å². The summed E-state index contributed by atoms with van der Waals surface area (Å²) < 4.78 is 5.61. The van der Waals surface area contributed by atoms with E-state index in [9.17, 15) is 0 Å². The molecule has 0 saturated carbocycles. The average Bonchev–Trinajstić information content (AvgIpc) is 2.49. The zero-order valence-corrected chi connectivity index (χ0v) is 10.1. The Balaban J connectivity index is 2.35. The first kappa shape index (κ1) is 12.0. The fourth-order valence-electron chi connectivity index (χ4n) is 2.02. The molecule has 0 radical (unpaired) electrons. The van der Waals surface area contributed by atoms with Gasteiger partial charge >= 0.3 is 0 Å². The molecule has 14 heavy (non-hydrogen) atoms. The molecule has 0 spiro atoms. The van der Waals surface area contributed by atoms with Gasteiger partial charge in [-0.25, -0.2) is 0 Å². The van der Waals surface area contributed by atoms with Gasteiger partial charge in [-0.1, -0.05) is 26.7 Å². The standard InChI is InChI=1S/C12H25NO/c1-5-11(6-2)9-13-12(4)7-8-14-10(12)3/h10-11,13H,5-9H2,1-4H3. The first-order valence-electron chi connectivity index (χ1n) is 5.99. The molecular formula is C12H25NO. The maximum absolute atomic E-state index is 5.61. The fourth-order valence-corrected chi connectivity index (χ4v) is 2.02. The van der Waals surface area contributed by atoms with E-state index in [0.717, 1.165) is 25.5 Å². The molecule has 2 nitrogen and oxygen atoms in total. The Morgan fingerprint density at radius 3 is 2.50 bits per heavy atom. The maximum atomic E-state index is 5.61. The zero-order chi connectivity index (χ0) is 10.6. The Kier molecular flexibility index (Phi) is 4.39. The topological polar surface area (TPSA) is 21.3 Å². The third kappa shape index (κ3) is 2.71. The van der Waals surface area contributed by atoms with Gasteiger partial charge in [0.15, 0.2) is 0 Å². The molecule has 84 valence electrons. The quantitative estimate of drug-likeness (QED) is 0.735. The molecule has 2 unspecified atom stereocenters. The highest BCUT2D eigenvalue weighted by atomic mass is 16.5. The predicted octanol–water partition coefficient (Wildman–Crippen LogP) is 2.58. The summed E-state index contributed by atoms with van der Waals surface area (Å²) in [7, 11) is 0. The van der Waals surface area contributed by atoms with Crippen LogP contribution in [0.1, 0.15) is 47.0 Å². The largest absolute Gasteiger partial charge is 0.377 e. The minimum atomic E-state index is 0.211. The number of nitrogens with one attached hydrogen (secondary N) is 1. The van der Waals surface area contributed by atoms with Gasteiger partial charge in [0.25, 0.3) is 0 Å². The van der Waals surface area contributed by atoms with Gasteiger partial charge in [-0.15, -0.1) is 0 Å². The van der Waals surface area contributed by atoms with E-state index < -0.39 is 0 Å². The van der Waals surface area contributed by atoms with Crippen molar-refractivity contribution >= 4 is 0 Å². The first-order chi connectivity index (χ1) is 6.62. The lowest BCUT2D eigenvalue weighted by Crippen LogP contribution is -2.49. The smallest absolute Gasteiger partial charge is 0.0726 e. The van der Waals surface area contributed by atoms with Crippen molar-refractivity contribution in [3.8, 4) is 0 Å². The molecule has 1 saturated heterocycles. The minimum Gasteiger partial charge on any atom is -0.377 e. The summed E-state index contributed by atoms with van der Waals surface area (Å²) in [5, 5.41) is 3.68. The average molecular weight is 199 g/mol. The lowest BCUT2D eigenvalue weighted by Gasteiger charge is -2.31. The Bertz CT molecular complexity index is 168. The van der Waals surface area contributed by atoms with E-state index in [0.29, 0.717) is 6.10 Å². The normalized spacial score (nSPS) is 32.8. The highest BCUT2D eigenvalue weighted by molar-refractivity contribution is 4.93. The minimum absolute atomic E-state index is 0.211. The van der Waals surface area contributed by atoms with Crippen LogP contribution in [0, 0.1) is 5.92 Å². The van der Waals surface area contributed by atoms with Crippen LogP contribution in [-0.4, -0.2) is 24.8 Å². The number of rotatable bonds is 5. The molecule has 1 N–H and O–H groups in total. The van der Waals surface area contributed by atoms with E-state index in [1.165, 1.54) is 12.8 Å². The molecule has 0 aromatic rings. The summed E-state index contributed by atoms with van der Waals surface area (Å²) in [6.07, 6.45) is 4.05. The second kappa shape index (κ2) is 5.13. The summed E-state index contributed by atoms with van der Waals surface area (Å²) >= 11 is 0. The molecule has 1 heterocycles. The highest BCUT2D eigenvalue weighted by Gasteiger charge is 2.36.